The number of halogens is 3. The Balaban J connectivity index is 2.26. The summed E-state index contributed by atoms with van der Waals surface area (Å²) in [5.74, 6) is 0. The monoisotopic (exact) mass is 473 g/mol. The van der Waals surface area contributed by atoms with Gasteiger partial charge in [-0.05, 0) is 61.7 Å². The number of sulfone groups is 1. The second-order valence-electron chi connectivity index (χ2n) is 4.78. The second-order valence-corrected chi connectivity index (χ2v) is 8.69. The smallest absolute Gasteiger partial charge is 0.209 e. The van der Waals surface area contributed by atoms with E-state index < -0.39 is 9.84 Å². The summed E-state index contributed by atoms with van der Waals surface area (Å²) in [5.41, 5.74) is 1.24. The number of H-pyrrole nitrogens is 1. The molecule has 23 heavy (non-hydrogen) atoms. The van der Waals surface area contributed by atoms with E-state index in [1.807, 2.05) is 0 Å². The topological polar surface area (TPSA) is 49.9 Å². The molecular weight excluding hydrogens is 466 g/mol. The van der Waals surface area contributed by atoms with Gasteiger partial charge in [0.25, 0.3) is 0 Å². The number of rotatable bonds is 3. The van der Waals surface area contributed by atoms with Crippen LogP contribution in [0.5, 0.6) is 0 Å². The van der Waals surface area contributed by atoms with Gasteiger partial charge in [0.2, 0.25) is 9.84 Å². The van der Waals surface area contributed by atoms with Gasteiger partial charge >= 0.3 is 0 Å². The molecule has 3 aromatic rings. The highest BCUT2D eigenvalue weighted by atomic mass is 79.9. The van der Waals surface area contributed by atoms with Crippen LogP contribution in [0, 0.1) is 0 Å². The average Bonchev–Trinajstić information content (AvgIpc) is 2.85. The van der Waals surface area contributed by atoms with Crippen LogP contribution >= 0.6 is 43.5 Å². The Morgan fingerprint density at radius 3 is 2.13 bits per heavy atom. The van der Waals surface area contributed by atoms with E-state index in [2.05, 4.69) is 36.8 Å². The molecule has 0 radical (unpaired) electrons. The molecule has 2 aromatic carbocycles. The summed E-state index contributed by atoms with van der Waals surface area (Å²) in [6, 6.07) is 15.3. The standard InChI is InChI=1S/C16H10Br2ClNO2S/c17-13-15(23(21,22)12-4-2-1-3-5-12)14(20-16(13)18)10-6-8-11(19)9-7-10/h1-9,20H. The van der Waals surface area contributed by atoms with Crippen molar-refractivity contribution in [3.05, 3.63) is 68.7 Å². The van der Waals surface area contributed by atoms with E-state index in [-0.39, 0.29) is 9.79 Å². The van der Waals surface area contributed by atoms with Crippen LogP contribution in [0.2, 0.25) is 5.02 Å². The van der Waals surface area contributed by atoms with Crippen LogP contribution in [0.3, 0.4) is 0 Å². The van der Waals surface area contributed by atoms with Crippen molar-refractivity contribution >= 4 is 53.3 Å². The SMILES string of the molecule is O=S(=O)(c1ccccc1)c1c(-c2ccc(Cl)cc2)[nH]c(Br)c1Br. The van der Waals surface area contributed by atoms with Crippen LogP contribution in [-0.2, 0) is 9.84 Å². The first-order valence-electron chi connectivity index (χ1n) is 6.54. The van der Waals surface area contributed by atoms with Crippen LogP contribution in [0.4, 0.5) is 0 Å². The molecule has 0 aliphatic heterocycles. The highest BCUT2D eigenvalue weighted by Crippen LogP contribution is 2.40. The molecule has 0 aliphatic carbocycles. The summed E-state index contributed by atoms with van der Waals surface area (Å²) in [4.78, 5) is 3.50. The Hall–Kier alpha value is -1.08. The first-order chi connectivity index (χ1) is 10.9. The molecular formula is C16H10Br2ClNO2S. The van der Waals surface area contributed by atoms with Crippen LogP contribution in [0.25, 0.3) is 11.3 Å². The molecule has 1 N–H and O–H groups in total. The van der Waals surface area contributed by atoms with Crippen LogP contribution < -0.4 is 0 Å². The number of aromatic nitrogens is 1. The highest BCUT2D eigenvalue weighted by molar-refractivity contribution is 9.13. The lowest BCUT2D eigenvalue weighted by Crippen LogP contribution is -2.03. The fraction of sp³-hybridized carbons (Fsp3) is 0. The summed E-state index contributed by atoms with van der Waals surface area (Å²) >= 11 is 12.6. The molecule has 0 amide bonds. The fourth-order valence-electron chi connectivity index (χ4n) is 2.22. The number of aromatic amines is 1. The Labute approximate surface area is 155 Å². The van der Waals surface area contributed by atoms with E-state index in [1.54, 1.807) is 54.6 Å². The van der Waals surface area contributed by atoms with Crippen molar-refractivity contribution in [3.8, 4) is 11.3 Å². The van der Waals surface area contributed by atoms with Crippen molar-refractivity contribution in [2.24, 2.45) is 0 Å². The zero-order chi connectivity index (χ0) is 16.6. The Kier molecular flexibility index (Phi) is 4.69. The molecule has 0 aliphatic rings. The number of hydrogen-bond donors (Lipinski definition) is 1. The first-order valence-corrected chi connectivity index (χ1v) is 9.99. The normalized spacial score (nSPS) is 11.6. The van der Waals surface area contributed by atoms with Crippen molar-refractivity contribution < 1.29 is 8.42 Å². The van der Waals surface area contributed by atoms with E-state index in [0.29, 0.717) is 19.8 Å². The molecule has 0 bridgehead atoms. The van der Waals surface area contributed by atoms with Gasteiger partial charge in [0, 0.05) is 5.02 Å². The van der Waals surface area contributed by atoms with E-state index in [1.165, 1.54) is 0 Å². The van der Waals surface area contributed by atoms with E-state index in [4.69, 9.17) is 11.6 Å². The molecule has 7 heteroatoms. The van der Waals surface area contributed by atoms with Crippen LogP contribution in [0.15, 0.2) is 73.5 Å². The van der Waals surface area contributed by atoms with Gasteiger partial charge in [0.15, 0.2) is 0 Å². The molecule has 3 nitrogen and oxygen atoms in total. The molecule has 118 valence electrons. The maximum atomic E-state index is 13.0. The second kappa shape index (κ2) is 6.43. The van der Waals surface area contributed by atoms with Gasteiger partial charge in [-0.1, -0.05) is 41.9 Å². The Bertz CT molecular complexity index is 952. The first kappa shape index (κ1) is 16.8. The summed E-state index contributed by atoms with van der Waals surface area (Å²) in [7, 11) is -3.68. The van der Waals surface area contributed by atoms with Crippen molar-refractivity contribution in [3.63, 3.8) is 0 Å². The largest absolute Gasteiger partial charge is 0.347 e. The average molecular weight is 476 g/mol. The third-order valence-corrected chi connectivity index (χ3v) is 7.58. The van der Waals surface area contributed by atoms with Crippen LogP contribution in [-0.4, -0.2) is 13.4 Å². The molecule has 0 saturated heterocycles. The summed E-state index contributed by atoms with van der Waals surface area (Å²) in [6.45, 7) is 0. The van der Waals surface area contributed by atoms with Gasteiger partial charge in [-0.2, -0.15) is 0 Å². The summed E-state index contributed by atoms with van der Waals surface area (Å²) < 4.78 is 27.1. The van der Waals surface area contributed by atoms with Crippen LogP contribution in [0.1, 0.15) is 0 Å². The Morgan fingerprint density at radius 2 is 1.52 bits per heavy atom. The van der Waals surface area contributed by atoms with Gasteiger partial charge in [0.05, 0.1) is 19.7 Å². The van der Waals surface area contributed by atoms with Gasteiger partial charge in [0.1, 0.15) is 4.90 Å². The molecule has 1 heterocycles. The fourth-order valence-corrected chi connectivity index (χ4v) is 5.34. The minimum Gasteiger partial charge on any atom is -0.347 e. The number of benzene rings is 2. The van der Waals surface area contributed by atoms with E-state index in [9.17, 15) is 8.42 Å². The molecule has 0 fully saturated rings. The number of nitrogens with one attached hydrogen (secondary N) is 1. The molecule has 0 atom stereocenters. The molecule has 0 saturated carbocycles. The molecule has 0 spiro atoms. The highest BCUT2D eigenvalue weighted by Gasteiger charge is 2.28. The lowest BCUT2D eigenvalue weighted by molar-refractivity contribution is 0.596. The van der Waals surface area contributed by atoms with Gasteiger partial charge in [-0.15, -0.1) is 0 Å². The van der Waals surface area contributed by atoms with E-state index in [0.717, 1.165) is 5.56 Å². The molecule has 1 aromatic heterocycles. The maximum absolute atomic E-state index is 13.0. The van der Waals surface area contributed by atoms with Crippen molar-refractivity contribution in [1.29, 1.82) is 0 Å². The van der Waals surface area contributed by atoms with Gasteiger partial charge in [-0.3, -0.25) is 0 Å². The predicted octanol–water partition coefficient (Wildman–Crippen LogP) is 5.69. The van der Waals surface area contributed by atoms with E-state index >= 15 is 0 Å². The third kappa shape index (κ3) is 3.13. The lowest BCUT2D eigenvalue weighted by Gasteiger charge is -2.07. The number of hydrogen-bond acceptors (Lipinski definition) is 2. The minimum absolute atomic E-state index is 0.192. The third-order valence-electron chi connectivity index (χ3n) is 3.31. The lowest BCUT2D eigenvalue weighted by atomic mass is 10.2. The van der Waals surface area contributed by atoms with Crippen molar-refractivity contribution in [2.45, 2.75) is 9.79 Å². The van der Waals surface area contributed by atoms with Crippen molar-refractivity contribution in [1.82, 2.24) is 4.98 Å². The molecule has 0 unspecified atom stereocenters. The summed E-state index contributed by atoms with van der Waals surface area (Å²) in [5, 5.41) is 0.589. The maximum Gasteiger partial charge on any atom is 0.209 e. The minimum atomic E-state index is -3.68. The van der Waals surface area contributed by atoms with Gasteiger partial charge in [-0.25, -0.2) is 8.42 Å². The predicted molar refractivity (Wildman–Crippen MR) is 98.5 cm³/mol. The zero-order valence-electron chi connectivity index (χ0n) is 11.6. The van der Waals surface area contributed by atoms with Gasteiger partial charge < -0.3 is 4.98 Å². The summed E-state index contributed by atoms with van der Waals surface area (Å²) in [6.07, 6.45) is 0. The zero-order valence-corrected chi connectivity index (χ0v) is 16.3. The van der Waals surface area contributed by atoms with Crippen molar-refractivity contribution in [2.75, 3.05) is 0 Å². The quantitative estimate of drug-likeness (QED) is 0.529. The molecule has 3 rings (SSSR count). The Morgan fingerprint density at radius 1 is 0.913 bits per heavy atom.